The third kappa shape index (κ3) is 1.62. The summed E-state index contributed by atoms with van der Waals surface area (Å²) in [6.45, 7) is 8.12. The molecule has 2 aliphatic rings. The number of alkyl halides is 1. The minimum Gasteiger partial charge on any atom is -0.325 e. The molecule has 0 saturated heterocycles. The molecule has 22 heavy (non-hydrogen) atoms. The number of aryl methyl sites for hydroxylation is 1. The standard InChI is InChI=1S/C18H22BrNO2/c1-11-7-5-6-8-12(11)20-15(22)18-10-9-17(4,16(18,2)3)14(21)13(18)19/h5-8,13H,9-10H2,1-4H3,(H,20,22)/t13-,17-,18-/m0/s1. The lowest BCUT2D eigenvalue weighted by atomic mass is 9.64. The van der Waals surface area contributed by atoms with Gasteiger partial charge in [0.1, 0.15) is 0 Å². The van der Waals surface area contributed by atoms with Gasteiger partial charge in [-0.1, -0.05) is 54.9 Å². The molecular weight excluding hydrogens is 342 g/mol. The first kappa shape index (κ1) is 15.7. The summed E-state index contributed by atoms with van der Waals surface area (Å²) in [6, 6.07) is 7.75. The van der Waals surface area contributed by atoms with Crippen LogP contribution < -0.4 is 5.32 Å². The van der Waals surface area contributed by atoms with E-state index in [1.165, 1.54) is 0 Å². The average Bonchev–Trinajstić information content (AvgIpc) is 2.74. The zero-order valence-corrected chi connectivity index (χ0v) is 15.1. The molecule has 118 valence electrons. The molecule has 1 aromatic rings. The minimum atomic E-state index is -0.679. The van der Waals surface area contributed by atoms with Crippen molar-refractivity contribution in [3.8, 4) is 0 Å². The Morgan fingerprint density at radius 2 is 1.86 bits per heavy atom. The zero-order valence-electron chi connectivity index (χ0n) is 13.5. The summed E-state index contributed by atoms with van der Waals surface area (Å²) in [7, 11) is 0. The van der Waals surface area contributed by atoms with E-state index in [4.69, 9.17) is 0 Å². The fourth-order valence-corrected chi connectivity index (χ4v) is 5.92. The van der Waals surface area contributed by atoms with Gasteiger partial charge in [0.2, 0.25) is 5.91 Å². The predicted octanol–water partition coefficient (Wildman–Crippen LogP) is 4.09. The molecule has 0 aromatic heterocycles. The second kappa shape index (κ2) is 4.67. The Bertz CT molecular complexity index is 669. The van der Waals surface area contributed by atoms with Crippen molar-refractivity contribution >= 4 is 33.3 Å². The van der Waals surface area contributed by atoms with Gasteiger partial charge in [-0.15, -0.1) is 0 Å². The van der Waals surface area contributed by atoms with Crippen LogP contribution in [-0.4, -0.2) is 16.5 Å². The van der Waals surface area contributed by atoms with Crippen molar-refractivity contribution in [3.63, 3.8) is 0 Å². The lowest BCUT2D eigenvalue weighted by Gasteiger charge is -2.39. The van der Waals surface area contributed by atoms with Gasteiger partial charge in [0.25, 0.3) is 0 Å². The van der Waals surface area contributed by atoms with Crippen LogP contribution in [-0.2, 0) is 9.59 Å². The van der Waals surface area contributed by atoms with Crippen molar-refractivity contribution in [2.75, 3.05) is 5.32 Å². The smallest absolute Gasteiger partial charge is 0.232 e. The van der Waals surface area contributed by atoms with Crippen LogP contribution in [0.25, 0.3) is 0 Å². The maximum Gasteiger partial charge on any atom is 0.232 e. The van der Waals surface area contributed by atoms with E-state index < -0.39 is 15.7 Å². The molecule has 3 nitrogen and oxygen atoms in total. The fraction of sp³-hybridized carbons (Fsp3) is 0.556. The Balaban J connectivity index is 2.02. The van der Waals surface area contributed by atoms with E-state index in [0.29, 0.717) is 0 Å². The summed E-state index contributed by atoms with van der Waals surface area (Å²) in [6.07, 6.45) is 1.53. The molecule has 0 radical (unpaired) electrons. The molecule has 4 heteroatoms. The Morgan fingerprint density at radius 1 is 1.23 bits per heavy atom. The molecule has 1 aromatic carbocycles. The minimum absolute atomic E-state index is 0.0387. The molecule has 2 bridgehead atoms. The molecular formula is C18H22BrNO2. The lowest BCUT2D eigenvalue weighted by Crippen LogP contribution is -2.48. The number of benzene rings is 1. The first-order valence-corrected chi connectivity index (χ1v) is 8.65. The summed E-state index contributed by atoms with van der Waals surface area (Å²) in [5.74, 6) is 0.131. The van der Waals surface area contributed by atoms with E-state index in [1.807, 2.05) is 38.1 Å². The van der Waals surface area contributed by atoms with Crippen LogP contribution in [0.4, 0.5) is 5.69 Å². The van der Waals surface area contributed by atoms with Gasteiger partial charge in [-0.05, 0) is 36.8 Å². The quantitative estimate of drug-likeness (QED) is 0.804. The first-order valence-electron chi connectivity index (χ1n) is 7.74. The summed E-state index contributed by atoms with van der Waals surface area (Å²) in [5, 5.41) is 3.07. The summed E-state index contributed by atoms with van der Waals surface area (Å²) in [5.41, 5.74) is 0.384. The highest BCUT2D eigenvalue weighted by atomic mass is 79.9. The van der Waals surface area contributed by atoms with Crippen LogP contribution in [0.5, 0.6) is 0 Å². The molecule has 3 atom stereocenters. The largest absolute Gasteiger partial charge is 0.325 e. The van der Waals surface area contributed by atoms with Gasteiger partial charge in [-0.3, -0.25) is 9.59 Å². The number of Topliss-reactive ketones (excluding diaryl/α,β-unsaturated/α-hetero) is 1. The summed E-state index contributed by atoms with van der Waals surface area (Å²) >= 11 is 3.55. The van der Waals surface area contributed by atoms with Crippen molar-refractivity contribution < 1.29 is 9.59 Å². The molecule has 2 fully saturated rings. The van der Waals surface area contributed by atoms with Gasteiger partial charge < -0.3 is 5.32 Å². The van der Waals surface area contributed by atoms with Crippen molar-refractivity contribution in [1.29, 1.82) is 0 Å². The van der Waals surface area contributed by atoms with Gasteiger partial charge in [0, 0.05) is 11.1 Å². The number of para-hydroxylation sites is 1. The van der Waals surface area contributed by atoms with Crippen LogP contribution >= 0.6 is 15.9 Å². The lowest BCUT2D eigenvalue weighted by molar-refractivity contribution is -0.130. The zero-order chi connectivity index (χ0) is 16.3. The fourth-order valence-electron chi connectivity index (χ4n) is 4.40. The number of hydrogen-bond acceptors (Lipinski definition) is 2. The number of hydrogen-bond donors (Lipinski definition) is 1. The van der Waals surface area contributed by atoms with Crippen LogP contribution in [0, 0.1) is 23.2 Å². The number of ketones is 1. The number of rotatable bonds is 2. The molecule has 1 amide bonds. The number of carbonyl (C=O) groups excluding carboxylic acids is 2. The Kier molecular flexibility index (Phi) is 3.34. The first-order chi connectivity index (χ1) is 10.2. The molecule has 0 spiro atoms. The van der Waals surface area contributed by atoms with Crippen molar-refractivity contribution in [1.82, 2.24) is 0 Å². The number of amides is 1. The Labute approximate surface area is 140 Å². The highest BCUT2D eigenvalue weighted by Gasteiger charge is 2.76. The predicted molar refractivity (Wildman–Crippen MR) is 91.1 cm³/mol. The second-order valence-corrected chi connectivity index (χ2v) is 8.34. The van der Waals surface area contributed by atoms with E-state index >= 15 is 0 Å². The van der Waals surface area contributed by atoms with Gasteiger partial charge in [-0.25, -0.2) is 0 Å². The monoisotopic (exact) mass is 363 g/mol. The number of fused-ring (bicyclic) bond motifs is 2. The summed E-state index contributed by atoms with van der Waals surface area (Å²) < 4.78 is 0. The van der Waals surface area contributed by atoms with Crippen molar-refractivity contribution in [2.24, 2.45) is 16.2 Å². The highest BCUT2D eigenvalue weighted by molar-refractivity contribution is 9.10. The van der Waals surface area contributed by atoms with E-state index in [2.05, 4.69) is 35.1 Å². The Morgan fingerprint density at radius 3 is 2.41 bits per heavy atom. The SMILES string of the molecule is Cc1ccccc1NC(=O)[C@]12CC[C@@](C)(C(=O)[C@@H]1Br)C2(C)C. The number of anilines is 1. The third-order valence-corrected chi connectivity index (χ3v) is 7.72. The van der Waals surface area contributed by atoms with E-state index in [0.717, 1.165) is 24.1 Å². The van der Waals surface area contributed by atoms with E-state index in [9.17, 15) is 9.59 Å². The topological polar surface area (TPSA) is 46.2 Å². The van der Waals surface area contributed by atoms with Crippen LogP contribution in [0.3, 0.4) is 0 Å². The molecule has 2 aliphatic carbocycles. The van der Waals surface area contributed by atoms with Crippen LogP contribution in [0.2, 0.25) is 0 Å². The van der Waals surface area contributed by atoms with Gasteiger partial charge in [-0.2, -0.15) is 0 Å². The third-order valence-electron chi connectivity index (χ3n) is 6.52. The molecule has 2 saturated carbocycles. The van der Waals surface area contributed by atoms with E-state index in [-0.39, 0.29) is 17.1 Å². The second-order valence-electron chi connectivity index (χ2n) is 7.42. The average molecular weight is 364 g/mol. The normalized spacial score (nSPS) is 35.7. The maximum absolute atomic E-state index is 13.2. The van der Waals surface area contributed by atoms with Gasteiger partial charge in [0.05, 0.1) is 10.2 Å². The van der Waals surface area contributed by atoms with E-state index in [1.54, 1.807) is 0 Å². The van der Waals surface area contributed by atoms with Crippen LogP contribution in [0.15, 0.2) is 24.3 Å². The van der Waals surface area contributed by atoms with Gasteiger partial charge >= 0.3 is 0 Å². The van der Waals surface area contributed by atoms with Gasteiger partial charge in [0.15, 0.2) is 5.78 Å². The van der Waals surface area contributed by atoms with Crippen LogP contribution in [0.1, 0.15) is 39.2 Å². The number of nitrogens with one attached hydrogen (secondary N) is 1. The van der Waals surface area contributed by atoms with Crippen molar-refractivity contribution in [3.05, 3.63) is 29.8 Å². The number of carbonyl (C=O) groups is 2. The molecule has 0 aliphatic heterocycles. The van der Waals surface area contributed by atoms with Crippen molar-refractivity contribution in [2.45, 2.75) is 45.4 Å². The molecule has 3 rings (SSSR count). The number of halogens is 1. The molecule has 1 N–H and O–H groups in total. The highest BCUT2D eigenvalue weighted by Crippen LogP contribution is 2.72. The maximum atomic E-state index is 13.2. The molecule has 0 heterocycles. The Hall–Kier alpha value is -1.16. The molecule has 0 unspecified atom stereocenters. The summed E-state index contributed by atoms with van der Waals surface area (Å²) in [4.78, 5) is 25.5.